The standard InChI is InChI=1S/C14H19N3O3/c1-10(18)8-17(2)9-13-15-14(16-20-13)11-4-6-12(19-3)7-5-11/h4-7,10,18H,8-9H2,1-3H3. The molecule has 0 radical (unpaired) electrons. The molecule has 2 aromatic rings. The molecule has 0 aliphatic rings. The highest BCUT2D eigenvalue weighted by atomic mass is 16.5. The van der Waals surface area contributed by atoms with Gasteiger partial charge in [-0.1, -0.05) is 5.16 Å². The zero-order chi connectivity index (χ0) is 14.5. The number of aliphatic hydroxyl groups excluding tert-OH is 1. The number of likely N-dealkylation sites (N-methyl/N-ethyl adjacent to an activating group) is 1. The number of benzene rings is 1. The van der Waals surface area contributed by atoms with Crippen LogP contribution < -0.4 is 4.74 Å². The maximum absolute atomic E-state index is 9.31. The summed E-state index contributed by atoms with van der Waals surface area (Å²) in [4.78, 5) is 6.27. The van der Waals surface area contributed by atoms with Crippen molar-refractivity contribution >= 4 is 0 Å². The number of aliphatic hydroxyl groups is 1. The molecule has 0 amide bonds. The van der Waals surface area contributed by atoms with E-state index in [1.165, 1.54) is 0 Å². The Bertz CT molecular complexity index is 537. The molecule has 1 atom stereocenters. The van der Waals surface area contributed by atoms with E-state index in [9.17, 15) is 5.11 Å². The van der Waals surface area contributed by atoms with Crippen LogP contribution in [0.4, 0.5) is 0 Å². The number of hydrogen-bond donors (Lipinski definition) is 1. The van der Waals surface area contributed by atoms with Gasteiger partial charge >= 0.3 is 0 Å². The normalized spacial score (nSPS) is 12.7. The van der Waals surface area contributed by atoms with E-state index in [1.807, 2.05) is 36.2 Å². The second-order valence-corrected chi connectivity index (χ2v) is 4.79. The molecular weight excluding hydrogens is 258 g/mol. The molecule has 0 bridgehead atoms. The molecule has 1 unspecified atom stereocenters. The monoisotopic (exact) mass is 277 g/mol. The maximum atomic E-state index is 9.31. The Kier molecular flexibility index (Phi) is 4.70. The van der Waals surface area contributed by atoms with Gasteiger partial charge in [0.15, 0.2) is 0 Å². The Labute approximate surface area is 118 Å². The molecule has 0 saturated heterocycles. The van der Waals surface area contributed by atoms with Gasteiger partial charge in [0.25, 0.3) is 0 Å². The van der Waals surface area contributed by atoms with Crippen molar-refractivity contribution in [2.75, 3.05) is 20.7 Å². The van der Waals surface area contributed by atoms with Crippen LogP contribution in [0.3, 0.4) is 0 Å². The summed E-state index contributed by atoms with van der Waals surface area (Å²) in [6.45, 7) is 2.81. The molecule has 0 aliphatic heterocycles. The van der Waals surface area contributed by atoms with Crippen molar-refractivity contribution in [3.8, 4) is 17.1 Å². The van der Waals surface area contributed by atoms with Crippen LogP contribution in [0.25, 0.3) is 11.4 Å². The predicted molar refractivity (Wildman–Crippen MR) is 74.3 cm³/mol. The van der Waals surface area contributed by atoms with Crippen LogP contribution in [0.5, 0.6) is 5.75 Å². The highest BCUT2D eigenvalue weighted by molar-refractivity contribution is 5.55. The highest BCUT2D eigenvalue weighted by Crippen LogP contribution is 2.19. The zero-order valence-electron chi connectivity index (χ0n) is 11.9. The molecule has 1 aromatic heterocycles. The summed E-state index contributed by atoms with van der Waals surface area (Å²) in [6, 6.07) is 7.47. The van der Waals surface area contributed by atoms with E-state index >= 15 is 0 Å². The first kappa shape index (κ1) is 14.5. The van der Waals surface area contributed by atoms with Crippen LogP contribution in [-0.2, 0) is 6.54 Å². The van der Waals surface area contributed by atoms with Crippen molar-refractivity contribution in [1.82, 2.24) is 15.0 Å². The number of nitrogens with zero attached hydrogens (tertiary/aromatic N) is 3. The summed E-state index contributed by atoms with van der Waals surface area (Å²) < 4.78 is 10.3. The maximum Gasteiger partial charge on any atom is 0.241 e. The first-order valence-electron chi connectivity index (χ1n) is 6.42. The van der Waals surface area contributed by atoms with Gasteiger partial charge in [-0.25, -0.2) is 0 Å². The lowest BCUT2D eigenvalue weighted by Crippen LogP contribution is -2.26. The molecule has 20 heavy (non-hydrogen) atoms. The van der Waals surface area contributed by atoms with Crippen molar-refractivity contribution in [1.29, 1.82) is 0 Å². The molecule has 1 N–H and O–H groups in total. The lowest BCUT2D eigenvalue weighted by atomic mass is 10.2. The van der Waals surface area contributed by atoms with Gasteiger partial charge < -0.3 is 14.4 Å². The van der Waals surface area contributed by atoms with Gasteiger partial charge in [-0.15, -0.1) is 0 Å². The third-order valence-corrected chi connectivity index (χ3v) is 2.80. The largest absolute Gasteiger partial charge is 0.497 e. The number of rotatable bonds is 6. The Balaban J connectivity index is 2.04. The van der Waals surface area contributed by atoms with Gasteiger partial charge in [0.2, 0.25) is 11.7 Å². The van der Waals surface area contributed by atoms with Gasteiger partial charge in [-0.3, -0.25) is 4.90 Å². The summed E-state index contributed by atoms with van der Waals surface area (Å²) in [6.07, 6.45) is -0.385. The summed E-state index contributed by atoms with van der Waals surface area (Å²) >= 11 is 0. The molecular formula is C14H19N3O3. The number of ether oxygens (including phenoxy) is 1. The fourth-order valence-corrected chi connectivity index (χ4v) is 1.92. The molecule has 6 nitrogen and oxygen atoms in total. The van der Waals surface area contributed by atoms with Crippen LogP contribution in [0.1, 0.15) is 12.8 Å². The summed E-state index contributed by atoms with van der Waals surface area (Å²) in [7, 11) is 3.52. The molecule has 2 rings (SSSR count). The highest BCUT2D eigenvalue weighted by Gasteiger charge is 2.11. The van der Waals surface area contributed by atoms with Gasteiger partial charge in [-0.2, -0.15) is 4.98 Å². The average Bonchev–Trinajstić information content (AvgIpc) is 2.86. The van der Waals surface area contributed by atoms with Crippen molar-refractivity contribution in [2.45, 2.75) is 19.6 Å². The summed E-state index contributed by atoms with van der Waals surface area (Å²) in [5, 5.41) is 13.3. The molecule has 0 spiro atoms. The van der Waals surface area contributed by atoms with E-state index in [4.69, 9.17) is 9.26 Å². The number of hydrogen-bond acceptors (Lipinski definition) is 6. The first-order chi connectivity index (χ1) is 9.58. The van der Waals surface area contributed by atoms with Gasteiger partial charge in [-0.05, 0) is 38.2 Å². The van der Waals surface area contributed by atoms with E-state index in [1.54, 1.807) is 14.0 Å². The molecule has 108 valence electrons. The topological polar surface area (TPSA) is 71.6 Å². The number of methoxy groups -OCH3 is 1. The lowest BCUT2D eigenvalue weighted by Gasteiger charge is -2.15. The third-order valence-electron chi connectivity index (χ3n) is 2.80. The van der Waals surface area contributed by atoms with E-state index in [0.29, 0.717) is 24.8 Å². The van der Waals surface area contributed by atoms with Crippen LogP contribution in [0, 0.1) is 0 Å². The lowest BCUT2D eigenvalue weighted by molar-refractivity contribution is 0.131. The van der Waals surface area contributed by atoms with Crippen molar-refractivity contribution in [2.24, 2.45) is 0 Å². The summed E-state index contributed by atoms with van der Waals surface area (Å²) in [5.74, 6) is 1.86. The van der Waals surface area contributed by atoms with Gasteiger partial charge in [0.1, 0.15) is 5.75 Å². The number of aromatic nitrogens is 2. The van der Waals surface area contributed by atoms with Crippen molar-refractivity contribution in [3.05, 3.63) is 30.2 Å². The second kappa shape index (κ2) is 6.49. The second-order valence-electron chi connectivity index (χ2n) is 4.79. The fourth-order valence-electron chi connectivity index (χ4n) is 1.92. The molecule has 6 heteroatoms. The third kappa shape index (κ3) is 3.79. The van der Waals surface area contributed by atoms with Gasteiger partial charge in [0, 0.05) is 12.1 Å². The SMILES string of the molecule is COc1ccc(-c2noc(CN(C)CC(C)O)n2)cc1. The average molecular weight is 277 g/mol. The van der Waals surface area contributed by atoms with Gasteiger partial charge in [0.05, 0.1) is 19.8 Å². The minimum Gasteiger partial charge on any atom is -0.497 e. The quantitative estimate of drug-likeness (QED) is 0.864. The van der Waals surface area contributed by atoms with E-state index in [2.05, 4.69) is 10.1 Å². The minimum absolute atomic E-state index is 0.385. The molecule has 0 saturated carbocycles. The fraction of sp³-hybridized carbons (Fsp3) is 0.429. The van der Waals surface area contributed by atoms with Crippen LogP contribution in [0.15, 0.2) is 28.8 Å². The predicted octanol–water partition coefficient (Wildman–Crippen LogP) is 1.56. The van der Waals surface area contributed by atoms with Crippen molar-refractivity contribution in [3.63, 3.8) is 0 Å². The van der Waals surface area contributed by atoms with Crippen LogP contribution in [0.2, 0.25) is 0 Å². The van der Waals surface area contributed by atoms with Crippen molar-refractivity contribution < 1.29 is 14.4 Å². The van der Waals surface area contributed by atoms with Crippen LogP contribution >= 0.6 is 0 Å². The molecule has 1 aromatic carbocycles. The van der Waals surface area contributed by atoms with E-state index in [0.717, 1.165) is 11.3 Å². The van der Waals surface area contributed by atoms with E-state index < -0.39 is 0 Å². The molecule has 0 aliphatic carbocycles. The smallest absolute Gasteiger partial charge is 0.241 e. The Morgan fingerprint density at radius 3 is 2.65 bits per heavy atom. The minimum atomic E-state index is -0.385. The van der Waals surface area contributed by atoms with E-state index in [-0.39, 0.29) is 6.10 Å². The first-order valence-corrected chi connectivity index (χ1v) is 6.42. The Morgan fingerprint density at radius 1 is 1.35 bits per heavy atom. The molecule has 1 heterocycles. The van der Waals surface area contributed by atoms with Crippen LogP contribution in [-0.4, -0.2) is 47.0 Å². The Hall–Kier alpha value is -1.92. The summed E-state index contributed by atoms with van der Waals surface area (Å²) in [5.41, 5.74) is 0.874. The zero-order valence-corrected chi connectivity index (χ0v) is 11.9. The Morgan fingerprint density at radius 2 is 2.05 bits per heavy atom. The molecule has 0 fully saturated rings.